The number of hydrogen-bond acceptors (Lipinski definition) is 3. The second kappa shape index (κ2) is 6.45. The smallest absolute Gasteiger partial charge is 0.253 e. The zero-order valence-corrected chi connectivity index (χ0v) is 10.3. The van der Waals surface area contributed by atoms with Crippen molar-refractivity contribution in [3.63, 3.8) is 0 Å². The Balaban J connectivity index is 2.46. The van der Waals surface area contributed by atoms with Gasteiger partial charge in [0.05, 0.1) is 9.73 Å². The predicted molar refractivity (Wildman–Crippen MR) is 62.8 cm³/mol. The Bertz CT molecular complexity index is 312. The van der Waals surface area contributed by atoms with E-state index in [1.807, 2.05) is 0 Å². The molecule has 4 nitrogen and oxygen atoms in total. The first kappa shape index (κ1) is 12.9. The van der Waals surface area contributed by atoms with E-state index in [9.17, 15) is 9.00 Å². The van der Waals surface area contributed by atoms with Crippen LogP contribution in [-0.4, -0.2) is 40.6 Å². The molecule has 0 spiro atoms. The van der Waals surface area contributed by atoms with Gasteiger partial charge in [-0.2, -0.15) is 4.36 Å². The highest BCUT2D eigenvalue weighted by molar-refractivity contribution is 7.94. The number of alkyl halides is 1. The van der Waals surface area contributed by atoms with E-state index >= 15 is 0 Å². The summed E-state index contributed by atoms with van der Waals surface area (Å²) < 4.78 is 15.8. The van der Waals surface area contributed by atoms with Crippen LogP contribution in [-0.2, 0) is 14.5 Å². The van der Waals surface area contributed by atoms with Crippen molar-refractivity contribution in [1.29, 1.82) is 0 Å². The topological polar surface area (TPSA) is 58.5 Å². The highest BCUT2D eigenvalue weighted by Crippen LogP contribution is 2.05. The van der Waals surface area contributed by atoms with Gasteiger partial charge in [-0.3, -0.25) is 4.79 Å². The van der Waals surface area contributed by atoms with E-state index in [0.29, 0.717) is 36.9 Å². The molecule has 1 aliphatic heterocycles. The number of nitrogens with zero attached hydrogens (tertiary/aromatic N) is 1. The fraction of sp³-hybridized carbons (Fsp3) is 0.889. The highest BCUT2D eigenvalue weighted by atomic mass is 35.5. The highest BCUT2D eigenvalue weighted by Gasteiger charge is 2.15. The van der Waals surface area contributed by atoms with Gasteiger partial charge in [-0.15, -0.1) is 11.6 Å². The minimum absolute atomic E-state index is 0.230. The molecule has 15 heavy (non-hydrogen) atoms. The number of hydrogen-bond donors (Lipinski definition) is 1. The van der Waals surface area contributed by atoms with Gasteiger partial charge in [-0.1, -0.05) is 0 Å². The lowest BCUT2D eigenvalue weighted by atomic mass is 10.2. The van der Waals surface area contributed by atoms with Gasteiger partial charge in [0.2, 0.25) is 0 Å². The van der Waals surface area contributed by atoms with Crippen LogP contribution >= 0.6 is 11.6 Å². The Hall–Kier alpha value is -0.130. The Morgan fingerprint density at radius 1 is 1.33 bits per heavy atom. The van der Waals surface area contributed by atoms with Crippen molar-refractivity contribution in [2.24, 2.45) is 4.36 Å². The fourth-order valence-electron chi connectivity index (χ4n) is 1.38. The first-order valence-corrected chi connectivity index (χ1v) is 7.57. The molecule has 0 aromatic heterocycles. The van der Waals surface area contributed by atoms with Gasteiger partial charge < -0.3 is 5.32 Å². The van der Waals surface area contributed by atoms with Gasteiger partial charge in [0.15, 0.2) is 0 Å². The molecule has 1 fully saturated rings. The number of amides is 1. The third kappa shape index (κ3) is 4.95. The van der Waals surface area contributed by atoms with E-state index < -0.39 is 9.73 Å². The van der Waals surface area contributed by atoms with Crippen molar-refractivity contribution in [3.8, 4) is 0 Å². The molecule has 0 aromatic rings. The van der Waals surface area contributed by atoms with Crippen molar-refractivity contribution >= 4 is 27.2 Å². The molecule has 1 heterocycles. The molecule has 0 atom stereocenters. The Labute approximate surface area is 95.9 Å². The van der Waals surface area contributed by atoms with Crippen LogP contribution in [0.4, 0.5) is 0 Å². The maximum absolute atomic E-state index is 12.0. The summed E-state index contributed by atoms with van der Waals surface area (Å²) in [5, 5.41) is 3.10. The number of rotatable bonds is 4. The molecule has 0 aliphatic carbocycles. The van der Waals surface area contributed by atoms with Crippen LogP contribution in [0.25, 0.3) is 0 Å². The van der Waals surface area contributed by atoms with Gasteiger partial charge in [0, 0.05) is 36.9 Å². The van der Waals surface area contributed by atoms with Crippen LogP contribution in [0, 0.1) is 0 Å². The third-order valence-electron chi connectivity index (χ3n) is 2.24. The SMILES string of the molecule is O=C(CCCCCl)N=S1(=O)CCNCC1. The maximum Gasteiger partial charge on any atom is 0.253 e. The van der Waals surface area contributed by atoms with E-state index in [0.717, 1.165) is 12.8 Å². The van der Waals surface area contributed by atoms with E-state index in [-0.39, 0.29) is 5.91 Å². The molecule has 1 saturated heterocycles. The Morgan fingerprint density at radius 3 is 2.60 bits per heavy atom. The minimum atomic E-state index is -2.25. The molecular weight excluding hydrogens is 236 g/mol. The second-order valence-electron chi connectivity index (χ2n) is 3.56. The average molecular weight is 253 g/mol. The van der Waals surface area contributed by atoms with Crippen LogP contribution in [0.2, 0.25) is 0 Å². The first-order chi connectivity index (χ1) is 7.16. The number of unbranched alkanes of at least 4 members (excludes halogenated alkanes) is 1. The van der Waals surface area contributed by atoms with Gasteiger partial charge in [-0.25, -0.2) is 4.21 Å². The molecule has 0 bridgehead atoms. The molecule has 1 amide bonds. The van der Waals surface area contributed by atoms with Crippen molar-refractivity contribution in [3.05, 3.63) is 0 Å². The maximum atomic E-state index is 12.0. The van der Waals surface area contributed by atoms with E-state index in [2.05, 4.69) is 9.68 Å². The molecule has 0 radical (unpaired) electrons. The zero-order valence-electron chi connectivity index (χ0n) is 8.71. The Morgan fingerprint density at radius 2 is 2.00 bits per heavy atom. The summed E-state index contributed by atoms with van der Waals surface area (Å²) in [6.07, 6.45) is 1.92. The van der Waals surface area contributed by atoms with Crippen LogP contribution in [0.15, 0.2) is 4.36 Å². The minimum Gasteiger partial charge on any atom is -0.315 e. The van der Waals surface area contributed by atoms with Gasteiger partial charge in [0.1, 0.15) is 0 Å². The van der Waals surface area contributed by atoms with Crippen molar-refractivity contribution in [2.75, 3.05) is 30.5 Å². The molecule has 1 aliphatic rings. The molecule has 1 N–H and O–H groups in total. The van der Waals surface area contributed by atoms with Gasteiger partial charge in [-0.05, 0) is 12.8 Å². The van der Waals surface area contributed by atoms with Crippen LogP contribution in [0.5, 0.6) is 0 Å². The van der Waals surface area contributed by atoms with E-state index in [1.165, 1.54) is 0 Å². The van der Waals surface area contributed by atoms with Crippen molar-refractivity contribution < 1.29 is 9.00 Å². The number of carbonyl (C=O) groups is 1. The summed E-state index contributed by atoms with van der Waals surface area (Å²) in [5.74, 6) is 1.32. The summed E-state index contributed by atoms with van der Waals surface area (Å²) in [4.78, 5) is 11.4. The summed E-state index contributed by atoms with van der Waals surface area (Å²) in [6, 6.07) is 0. The van der Waals surface area contributed by atoms with Gasteiger partial charge >= 0.3 is 0 Å². The van der Waals surface area contributed by atoms with Crippen molar-refractivity contribution in [2.45, 2.75) is 19.3 Å². The normalized spacial score (nSPS) is 19.8. The van der Waals surface area contributed by atoms with E-state index in [4.69, 9.17) is 11.6 Å². The lowest BCUT2D eigenvalue weighted by Crippen LogP contribution is -2.36. The van der Waals surface area contributed by atoms with Gasteiger partial charge in [0.25, 0.3) is 5.91 Å². The average Bonchev–Trinajstić information content (AvgIpc) is 2.18. The molecule has 0 unspecified atom stereocenters. The molecule has 1 rings (SSSR count). The summed E-state index contributed by atoms with van der Waals surface area (Å²) in [7, 11) is -2.25. The molecule has 88 valence electrons. The van der Waals surface area contributed by atoms with Crippen LogP contribution < -0.4 is 5.32 Å². The monoisotopic (exact) mass is 252 g/mol. The Kier molecular flexibility index (Phi) is 5.56. The second-order valence-corrected chi connectivity index (χ2v) is 6.48. The molecule has 0 aromatic carbocycles. The molecular formula is C9H17ClN2O2S. The lowest BCUT2D eigenvalue weighted by Gasteiger charge is -2.15. The van der Waals surface area contributed by atoms with Crippen LogP contribution in [0.3, 0.4) is 0 Å². The third-order valence-corrected chi connectivity index (χ3v) is 4.73. The van der Waals surface area contributed by atoms with E-state index in [1.54, 1.807) is 0 Å². The quantitative estimate of drug-likeness (QED) is 0.600. The molecule has 0 saturated carbocycles. The summed E-state index contributed by atoms with van der Waals surface area (Å²) in [6.45, 7) is 1.38. The molecule has 6 heteroatoms. The van der Waals surface area contributed by atoms with Crippen LogP contribution in [0.1, 0.15) is 19.3 Å². The standard InChI is InChI=1S/C9H17ClN2O2S/c10-4-2-1-3-9(13)12-15(14)7-5-11-6-8-15/h11H,1-8H2. The summed E-state index contributed by atoms with van der Waals surface area (Å²) >= 11 is 5.50. The number of halogens is 1. The first-order valence-electron chi connectivity index (χ1n) is 5.18. The largest absolute Gasteiger partial charge is 0.315 e. The summed E-state index contributed by atoms with van der Waals surface area (Å²) in [5.41, 5.74) is 0. The number of nitrogens with one attached hydrogen (secondary N) is 1. The van der Waals surface area contributed by atoms with Crippen molar-refractivity contribution in [1.82, 2.24) is 5.32 Å². The predicted octanol–water partition coefficient (Wildman–Crippen LogP) is 0.993. The zero-order chi connectivity index (χ0) is 11.1. The number of carbonyl (C=O) groups excluding carboxylic acids is 1. The lowest BCUT2D eigenvalue weighted by molar-refractivity contribution is -0.117. The fourth-order valence-corrected chi connectivity index (χ4v) is 3.35.